The smallest absolute Gasteiger partial charge is 0.251 e. The molecule has 0 bridgehead atoms. The van der Waals surface area contributed by atoms with Gasteiger partial charge in [0.1, 0.15) is 18.7 Å². The number of ketones is 1. The Bertz CT molecular complexity index is 901. The number of benzene rings is 1. The molecule has 6 nitrogen and oxygen atoms in total. The number of ether oxygens (including phenoxy) is 1. The molecule has 3 atom stereocenters. The SMILES string of the molecule is O=C(NC(Cc1cccs1)C(=O)N1CCC2OCC(=O)C21)c1cccc(Br)c1. The highest BCUT2D eigenvalue weighted by Crippen LogP contribution is 2.28. The van der Waals surface area contributed by atoms with Gasteiger partial charge in [0.2, 0.25) is 5.91 Å². The fourth-order valence-corrected chi connectivity index (χ4v) is 4.89. The van der Waals surface area contributed by atoms with Crippen molar-refractivity contribution in [2.24, 2.45) is 0 Å². The number of nitrogens with one attached hydrogen (secondary N) is 1. The molecule has 1 aromatic heterocycles. The number of likely N-dealkylation sites (tertiary alicyclic amines) is 1. The highest BCUT2D eigenvalue weighted by Gasteiger charge is 2.48. The Kier molecular flexibility index (Phi) is 5.61. The van der Waals surface area contributed by atoms with Crippen LogP contribution in [0.25, 0.3) is 0 Å². The van der Waals surface area contributed by atoms with Crippen molar-refractivity contribution in [3.05, 3.63) is 56.7 Å². The van der Waals surface area contributed by atoms with E-state index >= 15 is 0 Å². The van der Waals surface area contributed by atoms with Crippen LogP contribution < -0.4 is 5.32 Å². The van der Waals surface area contributed by atoms with Crippen molar-refractivity contribution in [2.45, 2.75) is 31.0 Å². The quantitative estimate of drug-likeness (QED) is 0.739. The van der Waals surface area contributed by atoms with E-state index in [-0.39, 0.29) is 30.3 Å². The predicted octanol–water partition coefficient (Wildman–Crippen LogP) is 2.42. The highest BCUT2D eigenvalue weighted by atomic mass is 79.9. The van der Waals surface area contributed by atoms with E-state index in [0.29, 0.717) is 24.9 Å². The topological polar surface area (TPSA) is 75.7 Å². The summed E-state index contributed by atoms with van der Waals surface area (Å²) in [6, 6.07) is 9.61. The lowest BCUT2D eigenvalue weighted by Crippen LogP contribution is -2.53. The van der Waals surface area contributed by atoms with E-state index in [1.807, 2.05) is 23.6 Å². The number of amides is 2. The highest BCUT2D eigenvalue weighted by molar-refractivity contribution is 9.10. The Morgan fingerprint density at radius 2 is 2.18 bits per heavy atom. The predicted molar refractivity (Wildman–Crippen MR) is 108 cm³/mol. The molecule has 1 N–H and O–H groups in total. The molecule has 0 radical (unpaired) electrons. The second kappa shape index (κ2) is 8.14. The molecular weight excluding hydrogens is 444 g/mol. The standard InChI is InChI=1S/C20H19BrN2O4S/c21-13-4-1-3-12(9-13)19(25)22-15(10-14-5-2-8-28-14)20(26)23-7-6-17-18(23)16(24)11-27-17/h1-5,8-9,15,17-18H,6-7,10-11H2,(H,22,25). The number of nitrogens with zero attached hydrogens (tertiary/aromatic N) is 1. The zero-order valence-electron chi connectivity index (χ0n) is 15.0. The van der Waals surface area contributed by atoms with Gasteiger partial charge in [0.05, 0.1) is 6.10 Å². The summed E-state index contributed by atoms with van der Waals surface area (Å²) >= 11 is 4.90. The second-order valence-corrected chi connectivity index (χ2v) is 8.85. The average molecular weight is 463 g/mol. The van der Waals surface area contributed by atoms with E-state index < -0.39 is 12.1 Å². The fraction of sp³-hybridized carbons (Fsp3) is 0.350. The molecule has 8 heteroatoms. The third-order valence-electron chi connectivity index (χ3n) is 5.07. The van der Waals surface area contributed by atoms with Crippen LogP contribution in [0.5, 0.6) is 0 Å². The van der Waals surface area contributed by atoms with Gasteiger partial charge in [-0.25, -0.2) is 0 Å². The van der Waals surface area contributed by atoms with Crippen LogP contribution in [0, 0.1) is 0 Å². The number of halogens is 1. The molecule has 2 amide bonds. The molecule has 1 aromatic carbocycles. The summed E-state index contributed by atoms with van der Waals surface area (Å²) in [6.07, 6.45) is 0.812. The zero-order valence-corrected chi connectivity index (χ0v) is 17.4. The summed E-state index contributed by atoms with van der Waals surface area (Å²) in [5.41, 5.74) is 0.470. The minimum Gasteiger partial charge on any atom is -0.368 e. The molecule has 2 saturated heterocycles. The van der Waals surface area contributed by atoms with Crippen LogP contribution in [-0.4, -0.2) is 53.8 Å². The Labute approximate surface area is 175 Å². The van der Waals surface area contributed by atoms with Crippen molar-refractivity contribution in [3.8, 4) is 0 Å². The second-order valence-electron chi connectivity index (χ2n) is 6.90. The molecule has 4 rings (SSSR count). The summed E-state index contributed by atoms with van der Waals surface area (Å²) in [7, 11) is 0. The maximum Gasteiger partial charge on any atom is 0.251 e. The Morgan fingerprint density at radius 3 is 2.93 bits per heavy atom. The minimum atomic E-state index is -0.739. The molecule has 2 fully saturated rings. The van der Waals surface area contributed by atoms with Crippen LogP contribution in [-0.2, 0) is 20.7 Å². The number of fused-ring (bicyclic) bond motifs is 1. The number of hydrogen-bond donors (Lipinski definition) is 1. The zero-order chi connectivity index (χ0) is 19.7. The van der Waals surface area contributed by atoms with Gasteiger partial charge in [-0.05, 0) is 36.1 Å². The molecule has 0 saturated carbocycles. The van der Waals surface area contributed by atoms with Crippen molar-refractivity contribution >= 4 is 44.9 Å². The number of hydrogen-bond acceptors (Lipinski definition) is 5. The average Bonchev–Trinajstić information content (AvgIpc) is 3.40. The van der Waals surface area contributed by atoms with E-state index in [2.05, 4.69) is 21.2 Å². The van der Waals surface area contributed by atoms with Gasteiger partial charge in [-0.1, -0.05) is 28.1 Å². The van der Waals surface area contributed by atoms with Gasteiger partial charge in [0.25, 0.3) is 5.91 Å². The lowest BCUT2D eigenvalue weighted by molar-refractivity contribution is -0.138. The summed E-state index contributed by atoms with van der Waals surface area (Å²) in [5.74, 6) is -0.618. The van der Waals surface area contributed by atoms with Crippen molar-refractivity contribution in [1.82, 2.24) is 10.2 Å². The first-order chi connectivity index (χ1) is 13.5. The normalized spacial score (nSPS) is 22.2. The molecule has 2 aliphatic heterocycles. The lowest BCUT2D eigenvalue weighted by atomic mass is 10.1. The van der Waals surface area contributed by atoms with Crippen LogP contribution in [0.1, 0.15) is 21.7 Å². The summed E-state index contributed by atoms with van der Waals surface area (Å²) < 4.78 is 6.27. The first-order valence-electron chi connectivity index (χ1n) is 9.06. The van der Waals surface area contributed by atoms with E-state index in [4.69, 9.17) is 4.74 Å². The van der Waals surface area contributed by atoms with Crippen molar-refractivity contribution in [3.63, 3.8) is 0 Å². The lowest BCUT2D eigenvalue weighted by Gasteiger charge is -2.27. The van der Waals surface area contributed by atoms with Crippen LogP contribution in [0.3, 0.4) is 0 Å². The minimum absolute atomic E-state index is 0.0547. The monoisotopic (exact) mass is 462 g/mol. The van der Waals surface area contributed by atoms with Gasteiger partial charge in [0, 0.05) is 27.9 Å². The summed E-state index contributed by atoms with van der Waals surface area (Å²) in [5, 5.41) is 4.81. The van der Waals surface area contributed by atoms with Gasteiger partial charge in [-0.15, -0.1) is 11.3 Å². The Balaban J connectivity index is 1.55. The third-order valence-corrected chi connectivity index (χ3v) is 6.46. The van der Waals surface area contributed by atoms with Crippen LogP contribution >= 0.6 is 27.3 Å². The molecular formula is C20H19BrN2O4S. The maximum absolute atomic E-state index is 13.3. The Hall–Kier alpha value is -2.03. The first-order valence-corrected chi connectivity index (χ1v) is 10.7. The number of thiophene rings is 1. The summed E-state index contributed by atoms with van der Waals surface area (Å²) in [4.78, 5) is 40.8. The largest absolute Gasteiger partial charge is 0.368 e. The van der Waals surface area contributed by atoms with Crippen LogP contribution in [0.15, 0.2) is 46.3 Å². The van der Waals surface area contributed by atoms with Crippen molar-refractivity contribution < 1.29 is 19.1 Å². The Morgan fingerprint density at radius 1 is 1.32 bits per heavy atom. The van der Waals surface area contributed by atoms with Crippen molar-refractivity contribution in [2.75, 3.05) is 13.2 Å². The van der Waals surface area contributed by atoms with E-state index in [0.717, 1.165) is 9.35 Å². The third kappa shape index (κ3) is 3.90. The maximum atomic E-state index is 13.3. The van der Waals surface area contributed by atoms with E-state index in [1.54, 1.807) is 23.1 Å². The van der Waals surface area contributed by atoms with Crippen LogP contribution in [0.2, 0.25) is 0 Å². The first kappa shape index (κ1) is 19.3. The number of rotatable bonds is 5. The fourth-order valence-electron chi connectivity index (χ4n) is 3.74. The molecule has 3 unspecified atom stereocenters. The molecule has 0 aliphatic carbocycles. The van der Waals surface area contributed by atoms with E-state index in [1.165, 1.54) is 11.3 Å². The molecule has 2 aliphatic rings. The number of carbonyl (C=O) groups excluding carboxylic acids is 3. The molecule has 146 valence electrons. The van der Waals surface area contributed by atoms with Gasteiger partial charge >= 0.3 is 0 Å². The number of Topliss-reactive ketones (excluding diaryl/α,β-unsaturated/α-hetero) is 1. The summed E-state index contributed by atoms with van der Waals surface area (Å²) in [6.45, 7) is 0.521. The van der Waals surface area contributed by atoms with Crippen molar-refractivity contribution in [1.29, 1.82) is 0 Å². The molecule has 3 heterocycles. The molecule has 0 spiro atoms. The van der Waals surface area contributed by atoms with Gasteiger partial charge in [-0.3, -0.25) is 14.4 Å². The van der Waals surface area contributed by atoms with Gasteiger partial charge in [0.15, 0.2) is 5.78 Å². The molecule has 28 heavy (non-hydrogen) atoms. The van der Waals surface area contributed by atoms with Gasteiger partial charge < -0.3 is 15.0 Å². The molecule has 2 aromatic rings. The number of carbonyl (C=O) groups is 3. The van der Waals surface area contributed by atoms with Gasteiger partial charge in [-0.2, -0.15) is 0 Å². The van der Waals surface area contributed by atoms with Crippen LogP contribution in [0.4, 0.5) is 0 Å². The van der Waals surface area contributed by atoms with E-state index in [9.17, 15) is 14.4 Å².